The number of carbonyl (C=O) groups excluding carboxylic acids is 1. The van der Waals surface area contributed by atoms with Crippen molar-refractivity contribution in [2.45, 2.75) is 17.8 Å². The first kappa shape index (κ1) is 19.7. The first-order valence-electron chi connectivity index (χ1n) is 7.46. The van der Waals surface area contributed by atoms with Crippen LogP contribution >= 0.6 is 35.1 Å². The van der Waals surface area contributed by atoms with E-state index in [1.165, 1.54) is 24.9 Å². The first-order chi connectivity index (χ1) is 12.0. The van der Waals surface area contributed by atoms with Gasteiger partial charge in [0.2, 0.25) is 5.91 Å². The molecule has 1 aromatic heterocycles. The van der Waals surface area contributed by atoms with E-state index >= 15 is 0 Å². The molecule has 1 aromatic carbocycles. The Kier molecular flexibility index (Phi) is 7.67. The predicted octanol–water partition coefficient (Wildman–Crippen LogP) is 3.42. The Labute approximate surface area is 159 Å². The van der Waals surface area contributed by atoms with Gasteiger partial charge >= 0.3 is 0 Å². The Bertz CT molecular complexity index is 798. The lowest BCUT2D eigenvalue weighted by atomic mass is 10.3. The van der Waals surface area contributed by atoms with Crippen LogP contribution < -0.4 is 15.6 Å². The third kappa shape index (κ3) is 6.30. The lowest BCUT2D eigenvalue weighted by Gasteiger charge is -2.08. The molecule has 0 fully saturated rings. The molecule has 1 heterocycles. The van der Waals surface area contributed by atoms with Crippen molar-refractivity contribution in [3.8, 4) is 5.75 Å². The quantitative estimate of drug-likeness (QED) is 0.522. The second-order valence-electron chi connectivity index (χ2n) is 4.87. The van der Waals surface area contributed by atoms with Crippen LogP contribution in [0, 0.1) is 0 Å². The van der Waals surface area contributed by atoms with Crippen LogP contribution in [-0.2, 0) is 10.5 Å². The summed E-state index contributed by atoms with van der Waals surface area (Å²) < 4.78 is 5.07. The Morgan fingerprint density at radius 1 is 1.40 bits per heavy atom. The normalized spacial score (nSPS) is 10.5. The van der Waals surface area contributed by atoms with Gasteiger partial charge < -0.3 is 15.0 Å². The molecule has 0 aliphatic heterocycles. The number of hydrogen-bond acceptors (Lipinski definition) is 6. The van der Waals surface area contributed by atoms with Gasteiger partial charge in [0, 0.05) is 17.5 Å². The van der Waals surface area contributed by atoms with E-state index in [4.69, 9.17) is 16.3 Å². The molecule has 0 bridgehead atoms. The highest BCUT2D eigenvalue weighted by Gasteiger charge is 2.09. The van der Waals surface area contributed by atoms with E-state index in [-0.39, 0.29) is 17.2 Å². The molecular weight excluding hydrogens is 382 g/mol. The summed E-state index contributed by atoms with van der Waals surface area (Å²) in [6.45, 7) is 2.04. The van der Waals surface area contributed by atoms with Crippen molar-refractivity contribution in [3.05, 3.63) is 45.3 Å². The number of anilines is 1. The standard InChI is InChI=1S/C16H18ClN3O3S2/c1-3-24-8-11-7-14(21)20-16(19-11)25-9-15(22)18-10-4-5-13(23-2)12(17)6-10/h4-7H,3,8-9H2,1-2H3,(H,18,22)(H,19,20,21). The number of aromatic nitrogens is 2. The zero-order valence-electron chi connectivity index (χ0n) is 13.8. The number of methoxy groups -OCH3 is 1. The summed E-state index contributed by atoms with van der Waals surface area (Å²) in [5.41, 5.74) is 1.07. The zero-order chi connectivity index (χ0) is 18.2. The fourth-order valence-corrected chi connectivity index (χ4v) is 3.42. The van der Waals surface area contributed by atoms with Gasteiger partial charge in [-0.2, -0.15) is 11.8 Å². The van der Waals surface area contributed by atoms with Crippen molar-refractivity contribution in [1.29, 1.82) is 0 Å². The van der Waals surface area contributed by atoms with E-state index in [1.807, 2.05) is 6.92 Å². The van der Waals surface area contributed by atoms with Crippen LogP contribution in [0.2, 0.25) is 5.02 Å². The second-order valence-corrected chi connectivity index (χ2v) is 7.51. The van der Waals surface area contributed by atoms with E-state index in [2.05, 4.69) is 15.3 Å². The van der Waals surface area contributed by atoms with Gasteiger partial charge in [-0.25, -0.2) is 4.98 Å². The molecule has 0 aliphatic rings. The molecule has 6 nitrogen and oxygen atoms in total. The molecule has 0 atom stereocenters. The van der Waals surface area contributed by atoms with Gasteiger partial charge in [-0.1, -0.05) is 30.3 Å². The van der Waals surface area contributed by atoms with E-state index in [0.29, 0.717) is 33.1 Å². The molecule has 0 saturated heterocycles. The van der Waals surface area contributed by atoms with E-state index in [1.54, 1.807) is 30.0 Å². The van der Waals surface area contributed by atoms with Crippen molar-refractivity contribution in [2.24, 2.45) is 0 Å². The third-order valence-electron chi connectivity index (χ3n) is 3.00. The van der Waals surface area contributed by atoms with Crippen molar-refractivity contribution >= 4 is 46.7 Å². The molecular formula is C16H18ClN3O3S2. The molecule has 134 valence electrons. The highest BCUT2D eigenvalue weighted by molar-refractivity contribution is 7.99. The highest BCUT2D eigenvalue weighted by Crippen LogP contribution is 2.27. The number of ether oxygens (including phenoxy) is 1. The van der Waals surface area contributed by atoms with Crippen molar-refractivity contribution < 1.29 is 9.53 Å². The molecule has 25 heavy (non-hydrogen) atoms. The average Bonchev–Trinajstić information content (AvgIpc) is 2.58. The lowest BCUT2D eigenvalue weighted by molar-refractivity contribution is -0.113. The SMILES string of the molecule is CCSCc1cc(=O)[nH]c(SCC(=O)Nc2ccc(OC)c(Cl)c2)n1. The number of H-pyrrole nitrogens is 1. The van der Waals surface area contributed by atoms with Crippen molar-refractivity contribution in [1.82, 2.24) is 9.97 Å². The van der Waals surface area contributed by atoms with Crippen molar-refractivity contribution in [3.63, 3.8) is 0 Å². The Morgan fingerprint density at radius 2 is 2.20 bits per heavy atom. The minimum absolute atomic E-state index is 0.122. The van der Waals surface area contributed by atoms with Gasteiger partial charge in [-0.15, -0.1) is 0 Å². The maximum absolute atomic E-state index is 12.1. The van der Waals surface area contributed by atoms with Crippen LogP contribution in [-0.4, -0.2) is 34.5 Å². The zero-order valence-corrected chi connectivity index (χ0v) is 16.2. The van der Waals surface area contributed by atoms with Crippen LogP contribution in [0.5, 0.6) is 5.75 Å². The number of halogens is 1. The first-order valence-corrected chi connectivity index (χ1v) is 9.97. The summed E-state index contributed by atoms with van der Waals surface area (Å²) in [7, 11) is 1.52. The van der Waals surface area contributed by atoms with Crippen molar-refractivity contribution in [2.75, 3.05) is 23.9 Å². The summed E-state index contributed by atoms with van der Waals surface area (Å²) in [5, 5.41) is 3.59. The van der Waals surface area contributed by atoms with Crippen LogP contribution in [0.15, 0.2) is 34.2 Å². The van der Waals surface area contributed by atoms with Crippen LogP contribution in [0.1, 0.15) is 12.6 Å². The summed E-state index contributed by atoms with van der Waals surface area (Å²) in [5.74, 6) is 2.06. The molecule has 0 aliphatic carbocycles. The highest BCUT2D eigenvalue weighted by atomic mass is 35.5. The molecule has 2 N–H and O–H groups in total. The van der Waals surface area contributed by atoms with Gasteiger partial charge in [-0.3, -0.25) is 9.59 Å². The van der Waals surface area contributed by atoms with Gasteiger partial charge in [-0.05, 0) is 24.0 Å². The molecule has 0 unspecified atom stereocenters. The number of nitrogens with zero attached hydrogens (tertiary/aromatic N) is 1. The molecule has 0 radical (unpaired) electrons. The molecule has 1 amide bonds. The number of nitrogens with one attached hydrogen (secondary N) is 2. The number of rotatable bonds is 8. The maximum Gasteiger partial charge on any atom is 0.251 e. The number of carbonyl (C=O) groups is 1. The fourth-order valence-electron chi connectivity index (χ4n) is 1.91. The average molecular weight is 400 g/mol. The van der Waals surface area contributed by atoms with Crippen LogP contribution in [0.4, 0.5) is 5.69 Å². The number of hydrogen-bond donors (Lipinski definition) is 2. The fraction of sp³-hybridized carbons (Fsp3) is 0.312. The third-order valence-corrected chi connectivity index (χ3v) is 5.08. The summed E-state index contributed by atoms with van der Waals surface area (Å²) in [4.78, 5) is 30.7. The molecule has 2 rings (SSSR count). The molecule has 9 heteroatoms. The van der Waals surface area contributed by atoms with E-state index in [9.17, 15) is 9.59 Å². The maximum atomic E-state index is 12.1. The Morgan fingerprint density at radius 3 is 2.88 bits per heavy atom. The van der Waals surface area contributed by atoms with E-state index < -0.39 is 0 Å². The van der Waals surface area contributed by atoms with E-state index in [0.717, 1.165) is 5.75 Å². The number of benzene rings is 1. The van der Waals surface area contributed by atoms with Gasteiger partial charge in [0.25, 0.3) is 5.56 Å². The molecule has 2 aromatic rings. The smallest absolute Gasteiger partial charge is 0.251 e. The molecule has 0 saturated carbocycles. The summed E-state index contributed by atoms with van der Waals surface area (Å²) in [6, 6.07) is 6.48. The minimum atomic E-state index is -0.220. The minimum Gasteiger partial charge on any atom is -0.495 e. The monoisotopic (exact) mass is 399 g/mol. The second kappa shape index (κ2) is 9.74. The van der Waals surface area contributed by atoms with Crippen LogP contribution in [0.25, 0.3) is 0 Å². The summed E-state index contributed by atoms with van der Waals surface area (Å²) >= 11 is 8.89. The van der Waals surface area contributed by atoms with Gasteiger partial charge in [0.15, 0.2) is 5.16 Å². The predicted molar refractivity (Wildman–Crippen MR) is 104 cm³/mol. The van der Waals surface area contributed by atoms with Crippen LogP contribution in [0.3, 0.4) is 0 Å². The number of aromatic amines is 1. The Balaban J connectivity index is 1.94. The lowest BCUT2D eigenvalue weighted by Crippen LogP contribution is -2.15. The largest absolute Gasteiger partial charge is 0.495 e. The van der Waals surface area contributed by atoms with Gasteiger partial charge in [0.05, 0.1) is 23.6 Å². The molecule has 0 spiro atoms. The number of thioether (sulfide) groups is 2. The summed E-state index contributed by atoms with van der Waals surface area (Å²) in [6.07, 6.45) is 0. The topological polar surface area (TPSA) is 84.1 Å². The number of amides is 1. The Hall–Kier alpha value is -1.64. The van der Waals surface area contributed by atoms with Gasteiger partial charge in [0.1, 0.15) is 5.75 Å².